The molecule has 4 nitrogen and oxygen atoms in total. The Morgan fingerprint density at radius 1 is 1.09 bits per heavy atom. The number of para-hydroxylation sites is 1. The number of pyridine rings is 2. The average molecular weight is 291 g/mol. The number of aryl methyl sites for hydroxylation is 1. The highest BCUT2D eigenvalue weighted by Gasteiger charge is 2.29. The number of hydrogen-bond donors (Lipinski definition) is 0. The minimum atomic E-state index is 0.218. The van der Waals surface area contributed by atoms with Gasteiger partial charge in [0.15, 0.2) is 0 Å². The van der Waals surface area contributed by atoms with Gasteiger partial charge in [0.05, 0.1) is 18.6 Å². The Kier molecular flexibility index (Phi) is 3.15. The number of benzene rings is 1. The standard InChI is InChI=1S/C18H17N3O/c1-13-10-15(8-9-19-13)22-16-11-21(12-16)18-7-6-14-4-2-3-5-17(14)20-18/h2-10,16H,11-12H2,1H3. The normalized spacial score (nSPS) is 14.9. The molecule has 3 heterocycles. The van der Waals surface area contributed by atoms with E-state index in [4.69, 9.17) is 9.72 Å². The SMILES string of the molecule is Cc1cc(OC2CN(c3ccc4ccccc4n3)C2)ccn1. The Labute approximate surface area is 129 Å². The third-order valence-electron chi connectivity index (χ3n) is 3.93. The molecular formula is C18H17N3O. The molecule has 1 aliphatic heterocycles. The second-order valence-corrected chi connectivity index (χ2v) is 5.64. The lowest BCUT2D eigenvalue weighted by atomic mass is 10.1. The van der Waals surface area contributed by atoms with Gasteiger partial charge in [0.1, 0.15) is 17.7 Å². The summed E-state index contributed by atoms with van der Waals surface area (Å²) in [5.74, 6) is 1.91. The first-order chi connectivity index (χ1) is 10.8. The van der Waals surface area contributed by atoms with Crippen molar-refractivity contribution < 1.29 is 4.74 Å². The molecule has 0 atom stereocenters. The summed E-state index contributed by atoms with van der Waals surface area (Å²) in [6.45, 7) is 3.71. The molecule has 0 saturated carbocycles. The van der Waals surface area contributed by atoms with E-state index in [1.807, 2.05) is 37.3 Å². The molecule has 1 fully saturated rings. The summed E-state index contributed by atoms with van der Waals surface area (Å²) in [6.07, 6.45) is 2.00. The summed E-state index contributed by atoms with van der Waals surface area (Å²) < 4.78 is 5.96. The third-order valence-corrected chi connectivity index (χ3v) is 3.93. The number of anilines is 1. The van der Waals surface area contributed by atoms with Gasteiger partial charge in [-0.1, -0.05) is 18.2 Å². The molecule has 0 aliphatic carbocycles. The molecule has 0 radical (unpaired) electrons. The fraction of sp³-hybridized carbons (Fsp3) is 0.222. The Hall–Kier alpha value is -2.62. The highest BCUT2D eigenvalue weighted by molar-refractivity contribution is 5.80. The van der Waals surface area contributed by atoms with Gasteiger partial charge in [0, 0.05) is 23.3 Å². The second kappa shape index (κ2) is 5.30. The molecule has 1 aromatic carbocycles. The van der Waals surface area contributed by atoms with Crippen LogP contribution in [0.4, 0.5) is 5.82 Å². The van der Waals surface area contributed by atoms with Gasteiger partial charge >= 0.3 is 0 Å². The highest BCUT2D eigenvalue weighted by atomic mass is 16.5. The van der Waals surface area contributed by atoms with Gasteiger partial charge in [-0.15, -0.1) is 0 Å². The van der Waals surface area contributed by atoms with Crippen molar-refractivity contribution in [1.82, 2.24) is 9.97 Å². The molecule has 0 N–H and O–H groups in total. The predicted molar refractivity (Wildman–Crippen MR) is 87.3 cm³/mol. The van der Waals surface area contributed by atoms with Crippen molar-refractivity contribution >= 4 is 16.7 Å². The number of nitrogens with zero attached hydrogens (tertiary/aromatic N) is 3. The van der Waals surface area contributed by atoms with Crippen molar-refractivity contribution in [3.63, 3.8) is 0 Å². The topological polar surface area (TPSA) is 38.2 Å². The molecule has 4 heteroatoms. The van der Waals surface area contributed by atoms with Crippen molar-refractivity contribution in [3.8, 4) is 5.75 Å². The largest absolute Gasteiger partial charge is 0.487 e. The molecule has 110 valence electrons. The van der Waals surface area contributed by atoms with Gasteiger partial charge < -0.3 is 9.64 Å². The Balaban J connectivity index is 1.43. The Bertz CT molecular complexity index is 812. The van der Waals surface area contributed by atoms with E-state index in [2.05, 4.69) is 28.1 Å². The minimum absolute atomic E-state index is 0.218. The number of hydrogen-bond acceptors (Lipinski definition) is 4. The monoisotopic (exact) mass is 291 g/mol. The van der Waals surface area contributed by atoms with Crippen molar-refractivity contribution in [2.24, 2.45) is 0 Å². The van der Waals surface area contributed by atoms with E-state index in [1.165, 1.54) is 5.39 Å². The van der Waals surface area contributed by atoms with E-state index < -0.39 is 0 Å². The van der Waals surface area contributed by atoms with Crippen molar-refractivity contribution in [3.05, 3.63) is 60.4 Å². The summed E-state index contributed by atoms with van der Waals surface area (Å²) in [4.78, 5) is 11.1. The molecule has 3 aromatic rings. The quantitative estimate of drug-likeness (QED) is 0.742. The van der Waals surface area contributed by atoms with Crippen molar-refractivity contribution in [2.75, 3.05) is 18.0 Å². The Morgan fingerprint density at radius 2 is 1.95 bits per heavy atom. The van der Waals surface area contributed by atoms with Gasteiger partial charge in [-0.25, -0.2) is 4.98 Å². The maximum absolute atomic E-state index is 5.96. The number of aromatic nitrogens is 2. The van der Waals surface area contributed by atoms with Crippen LogP contribution in [0.25, 0.3) is 10.9 Å². The predicted octanol–water partition coefficient (Wildman–Crippen LogP) is 3.21. The van der Waals surface area contributed by atoms with Gasteiger partial charge in [-0.2, -0.15) is 0 Å². The molecule has 1 saturated heterocycles. The number of fused-ring (bicyclic) bond motifs is 1. The lowest BCUT2D eigenvalue weighted by Crippen LogP contribution is -2.54. The molecule has 0 spiro atoms. The lowest BCUT2D eigenvalue weighted by Gasteiger charge is -2.39. The fourth-order valence-corrected chi connectivity index (χ4v) is 2.72. The Morgan fingerprint density at radius 3 is 2.82 bits per heavy atom. The first-order valence-electron chi connectivity index (χ1n) is 7.48. The van der Waals surface area contributed by atoms with Gasteiger partial charge in [-0.05, 0) is 31.2 Å². The smallest absolute Gasteiger partial charge is 0.134 e. The highest BCUT2D eigenvalue weighted by Crippen LogP contribution is 2.24. The number of ether oxygens (including phenoxy) is 1. The zero-order chi connectivity index (χ0) is 14.9. The van der Waals surface area contributed by atoms with E-state index in [-0.39, 0.29) is 6.10 Å². The van der Waals surface area contributed by atoms with Crippen LogP contribution in [-0.2, 0) is 0 Å². The zero-order valence-electron chi connectivity index (χ0n) is 12.4. The minimum Gasteiger partial charge on any atom is -0.487 e. The van der Waals surface area contributed by atoms with E-state index in [0.717, 1.165) is 35.9 Å². The van der Waals surface area contributed by atoms with E-state index in [0.29, 0.717) is 0 Å². The van der Waals surface area contributed by atoms with Crippen LogP contribution in [0.1, 0.15) is 5.69 Å². The summed E-state index contributed by atoms with van der Waals surface area (Å²) in [5.41, 5.74) is 2.01. The van der Waals surface area contributed by atoms with Gasteiger partial charge in [-0.3, -0.25) is 4.98 Å². The van der Waals surface area contributed by atoms with E-state index >= 15 is 0 Å². The van der Waals surface area contributed by atoms with Crippen LogP contribution in [0, 0.1) is 6.92 Å². The van der Waals surface area contributed by atoms with Crippen LogP contribution < -0.4 is 9.64 Å². The van der Waals surface area contributed by atoms with Crippen LogP contribution in [0.2, 0.25) is 0 Å². The van der Waals surface area contributed by atoms with E-state index in [1.54, 1.807) is 6.20 Å². The maximum atomic E-state index is 5.96. The second-order valence-electron chi connectivity index (χ2n) is 5.64. The number of rotatable bonds is 3. The average Bonchev–Trinajstić information content (AvgIpc) is 2.50. The summed E-state index contributed by atoms with van der Waals surface area (Å²) in [7, 11) is 0. The fourth-order valence-electron chi connectivity index (χ4n) is 2.72. The first kappa shape index (κ1) is 13.1. The van der Waals surface area contributed by atoms with Gasteiger partial charge in [0.25, 0.3) is 0 Å². The van der Waals surface area contributed by atoms with Crippen LogP contribution in [0.5, 0.6) is 5.75 Å². The molecule has 2 aromatic heterocycles. The zero-order valence-corrected chi connectivity index (χ0v) is 12.4. The van der Waals surface area contributed by atoms with Crippen LogP contribution >= 0.6 is 0 Å². The van der Waals surface area contributed by atoms with E-state index in [9.17, 15) is 0 Å². The van der Waals surface area contributed by atoms with Crippen LogP contribution in [-0.4, -0.2) is 29.2 Å². The summed E-state index contributed by atoms with van der Waals surface area (Å²) in [6, 6.07) is 16.3. The van der Waals surface area contributed by atoms with Crippen LogP contribution in [0.3, 0.4) is 0 Å². The molecular weight excluding hydrogens is 274 g/mol. The van der Waals surface area contributed by atoms with Crippen LogP contribution in [0.15, 0.2) is 54.7 Å². The van der Waals surface area contributed by atoms with Gasteiger partial charge in [0.2, 0.25) is 0 Å². The molecule has 0 bridgehead atoms. The molecule has 22 heavy (non-hydrogen) atoms. The summed E-state index contributed by atoms with van der Waals surface area (Å²) >= 11 is 0. The third kappa shape index (κ3) is 2.48. The lowest BCUT2D eigenvalue weighted by molar-refractivity contribution is 0.166. The molecule has 0 amide bonds. The van der Waals surface area contributed by atoms with Crippen molar-refractivity contribution in [2.45, 2.75) is 13.0 Å². The molecule has 1 aliphatic rings. The molecule has 0 unspecified atom stereocenters. The van der Waals surface area contributed by atoms with Crippen molar-refractivity contribution in [1.29, 1.82) is 0 Å². The maximum Gasteiger partial charge on any atom is 0.134 e. The molecule has 4 rings (SSSR count). The first-order valence-corrected chi connectivity index (χ1v) is 7.48. The summed E-state index contributed by atoms with van der Waals surface area (Å²) in [5, 5.41) is 1.17.